The maximum absolute atomic E-state index is 10.8. The summed E-state index contributed by atoms with van der Waals surface area (Å²) >= 11 is 0. The van der Waals surface area contributed by atoms with Gasteiger partial charge in [-0.1, -0.05) is 6.42 Å². The molecule has 2 rings (SSSR count). The zero-order chi connectivity index (χ0) is 13.7. The summed E-state index contributed by atoms with van der Waals surface area (Å²) in [6.45, 7) is 4.18. The summed E-state index contributed by atoms with van der Waals surface area (Å²) in [5, 5.41) is 12.1. The van der Waals surface area contributed by atoms with Gasteiger partial charge in [0, 0.05) is 13.1 Å². The lowest BCUT2D eigenvalue weighted by molar-refractivity contribution is 0.0697. The molecule has 1 aromatic carbocycles. The average Bonchev–Trinajstić information content (AvgIpc) is 2.41. The Morgan fingerprint density at radius 1 is 1.32 bits per heavy atom. The minimum atomic E-state index is -0.952. The van der Waals surface area contributed by atoms with E-state index in [1.807, 2.05) is 0 Å². The van der Waals surface area contributed by atoms with Gasteiger partial charge in [0.25, 0.3) is 0 Å². The third kappa shape index (κ3) is 3.86. The molecule has 1 aliphatic heterocycles. The van der Waals surface area contributed by atoms with Crippen molar-refractivity contribution in [3.63, 3.8) is 0 Å². The van der Waals surface area contributed by atoms with Gasteiger partial charge in [-0.2, -0.15) is 0 Å². The summed E-state index contributed by atoms with van der Waals surface area (Å²) in [4.78, 5) is 13.2. The van der Waals surface area contributed by atoms with Gasteiger partial charge in [-0.3, -0.25) is 0 Å². The van der Waals surface area contributed by atoms with Crippen LogP contribution in [0.25, 0.3) is 0 Å². The zero-order valence-electron chi connectivity index (χ0n) is 11.1. The third-order valence-electron chi connectivity index (χ3n) is 3.49. The van der Waals surface area contributed by atoms with E-state index in [4.69, 9.17) is 10.8 Å². The Kier molecular flexibility index (Phi) is 4.63. The molecule has 19 heavy (non-hydrogen) atoms. The van der Waals surface area contributed by atoms with Crippen molar-refractivity contribution in [2.45, 2.75) is 19.3 Å². The van der Waals surface area contributed by atoms with Gasteiger partial charge in [0.05, 0.1) is 16.9 Å². The molecule has 0 spiro atoms. The largest absolute Gasteiger partial charge is 0.478 e. The lowest BCUT2D eigenvalue weighted by Crippen LogP contribution is -2.33. The van der Waals surface area contributed by atoms with Crippen molar-refractivity contribution in [2.24, 2.45) is 0 Å². The summed E-state index contributed by atoms with van der Waals surface area (Å²) < 4.78 is 0. The predicted octanol–water partition coefficient (Wildman–Crippen LogP) is 1.86. The molecule has 5 heteroatoms. The summed E-state index contributed by atoms with van der Waals surface area (Å²) in [5.41, 5.74) is 7.35. The highest BCUT2D eigenvalue weighted by Crippen LogP contribution is 2.19. The van der Waals surface area contributed by atoms with Crippen LogP contribution < -0.4 is 11.1 Å². The number of nitrogens with one attached hydrogen (secondary N) is 1. The molecule has 4 N–H and O–H groups in total. The fourth-order valence-electron chi connectivity index (χ4n) is 2.39. The lowest BCUT2D eigenvalue weighted by Gasteiger charge is -2.26. The molecule has 0 bridgehead atoms. The number of hydrogen-bond acceptors (Lipinski definition) is 4. The van der Waals surface area contributed by atoms with Crippen LogP contribution in [0.1, 0.15) is 29.6 Å². The van der Waals surface area contributed by atoms with Crippen LogP contribution in [0.15, 0.2) is 18.2 Å². The first-order valence-electron chi connectivity index (χ1n) is 6.76. The summed E-state index contributed by atoms with van der Waals surface area (Å²) in [7, 11) is 0. The summed E-state index contributed by atoms with van der Waals surface area (Å²) in [5.74, 6) is -0.952. The second-order valence-electron chi connectivity index (χ2n) is 4.94. The molecular weight excluding hydrogens is 242 g/mol. The first-order chi connectivity index (χ1) is 9.16. The van der Waals surface area contributed by atoms with E-state index in [0.717, 1.165) is 18.8 Å². The number of benzene rings is 1. The van der Waals surface area contributed by atoms with Crippen molar-refractivity contribution < 1.29 is 9.90 Å². The van der Waals surface area contributed by atoms with E-state index in [0.29, 0.717) is 5.69 Å². The number of nitrogen functional groups attached to an aromatic ring is 1. The second kappa shape index (κ2) is 6.43. The molecule has 1 heterocycles. The summed E-state index contributed by atoms with van der Waals surface area (Å²) in [6.07, 6.45) is 3.92. The average molecular weight is 263 g/mol. The van der Waals surface area contributed by atoms with E-state index < -0.39 is 5.97 Å². The number of carbonyl (C=O) groups is 1. The zero-order valence-corrected chi connectivity index (χ0v) is 11.1. The number of nitrogens with two attached hydrogens (primary N) is 1. The van der Waals surface area contributed by atoms with Crippen molar-refractivity contribution >= 4 is 17.3 Å². The van der Waals surface area contributed by atoms with Crippen LogP contribution in [-0.4, -0.2) is 42.2 Å². The van der Waals surface area contributed by atoms with Crippen LogP contribution in [0, 0.1) is 0 Å². The van der Waals surface area contributed by atoms with E-state index in [1.165, 1.54) is 38.4 Å². The highest BCUT2D eigenvalue weighted by molar-refractivity contribution is 5.90. The van der Waals surface area contributed by atoms with Crippen molar-refractivity contribution in [2.75, 3.05) is 37.2 Å². The Labute approximate surface area is 113 Å². The number of hydrogen-bond donors (Lipinski definition) is 3. The van der Waals surface area contributed by atoms with Crippen molar-refractivity contribution in [1.82, 2.24) is 4.90 Å². The number of carboxylic acid groups (broad SMARTS) is 1. The monoisotopic (exact) mass is 263 g/mol. The molecular formula is C14H21N3O2. The Morgan fingerprint density at radius 2 is 2.05 bits per heavy atom. The van der Waals surface area contributed by atoms with Crippen molar-refractivity contribution in [3.05, 3.63) is 23.8 Å². The maximum Gasteiger partial charge on any atom is 0.335 e. The van der Waals surface area contributed by atoms with E-state index in [-0.39, 0.29) is 5.56 Å². The molecule has 1 aromatic rings. The molecule has 0 radical (unpaired) electrons. The molecule has 1 saturated heterocycles. The molecule has 0 aromatic heterocycles. The Hall–Kier alpha value is -1.75. The topological polar surface area (TPSA) is 78.6 Å². The maximum atomic E-state index is 10.8. The number of rotatable bonds is 5. The minimum Gasteiger partial charge on any atom is -0.478 e. The van der Waals surface area contributed by atoms with E-state index >= 15 is 0 Å². The highest BCUT2D eigenvalue weighted by Gasteiger charge is 2.10. The normalized spacial score (nSPS) is 16.2. The fraction of sp³-hybridized carbons (Fsp3) is 0.500. The van der Waals surface area contributed by atoms with Crippen LogP contribution >= 0.6 is 0 Å². The van der Waals surface area contributed by atoms with E-state index in [2.05, 4.69) is 10.2 Å². The first kappa shape index (κ1) is 13.7. The van der Waals surface area contributed by atoms with Crippen LogP contribution in [0.4, 0.5) is 11.4 Å². The van der Waals surface area contributed by atoms with Crippen LogP contribution in [0.5, 0.6) is 0 Å². The molecule has 0 unspecified atom stereocenters. The van der Waals surface area contributed by atoms with E-state index in [1.54, 1.807) is 12.1 Å². The standard InChI is InChI=1S/C14H21N3O2/c15-12-10-11(14(18)19)4-5-13(12)16-6-9-17-7-2-1-3-8-17/h4-5,10,16H,1-3,6-9,15H2,(H,18,19). The smallest absolute Gasteiger partial charge is 0.335 e. The quantitative estimate of drug-likeness (QED) is 0.707. The number of carboxylic acids is 1. The molecule has 5 nitrogen and oxygen atoms in total. The predicted molar refractivity (Wildman–Crippen MR) is 76.6 cm³/mol. The lowest BCUT2D eigenvalue weighted by atomic mass is 10.1. The first-order valence-corrected chi connectivity index (χ1v) is 6.76. The molecule has 0 amide bonds. The van der Waals surface area contributed by atoms with Gasteiger partial charge in [0.15, 0.2) is 0 Å². The van der Waals surface area contributed by atoms with Gasteiger partial charge in [0.1, 0.15) is 0 Å². The molecule has 1 fully saturated rings. The summed E-state index contributed by atoms with van der Waals surface area (Å²) in [6, 6.07) is 4.79. The Balaban J connectivity index is 1.83. The third-order valence-corrected chi connectivity index (χ3v) is 3.49. The minimum absolute atomic E-state index is 0.221. The molecule has 104 valence electrons. The fourth-order valence-corrected chi connectivity index (χ4v) is 2.39. The Bertz CT molecular complexity index is 442. The van der Waals surface area contributed by atoms with Gasteiger partial charge in [0.2, 0.25) is 0 Å². The van der Waals surface area contributed by atoms with Gasteiger partial charge in [-0.25, -0.2) is 4.79 Å². The molecule has 0 atom stereocenters. The van der Waals surface area contributed by atoms with Crippen LogP contribution in [0.2, 0.25) is 0 Å². The number of piperidine rings is 1. The molecule has 1 aliphatic rings. The highest BCUT2D eigenvalue weighted by atomic mass is 16.4. The number of likely N-dealkylation sites (tertiary alicyclic amines) is 1. The molecule has 0 saturated carbocycles. The SMILES string of the molecule is Nc1cc(C(=O)O)ccc1NCCN1CCCCC1. The van der Waals surface area contributed by atoms with E-state index in [9.17, 15) is 4.79 Å². The van der Waals surface area contributed by atoms with Gasteiger partial charge in [-0.05, 0) is 44.1 Å². The number of anilines is 2. The van der Waals surface area contributed by atoms with Crippen LogP contribution in [-0.2, 0) is 0 Å². The van der Waals surface area contributed by atoms with Crippen LogP contribution in [0.3, 0.4) is 0 Å². The van der Waals surface area contributed by atoms with Gasteiger partial charge < -0.3 is 21.1 Å². The van der Waals surface area contributed by atoms with Crippen molar-refractivity contribution in [1.29, 1.82) is 0 Å². The second-order valence-corrected chi connectivity index (χ2v) is 4.94. The van der Waals surface area contributed by atoms with Crippen molar-refractivity contribution in [3.8, 4) is 0 Å². The van der Waals surface area contributed by atoms with Gasteiger partial charge >= 0.3 is 5.97 Å². The van der Waals surface area contributed by atoms with Gasteiger partial charge in [-0.15, -0.1) is 0 Å². The molecule has 0 aliphatic carbocycles. The Morgan fingerprint density at radius 3 is 2.68 bits per heavy atom. The number of nitrogens with zero attached hydrogens (tertiary/aromatic N) is 1. The number of aromatic carboxylic acids is 1.